The number of ketones is 2. The molecule has 1 N–H and O–H groups in total. The summed E-state index contributed by atoms with van der Waals surface area (Å²) in [6.07, 6.45) is 2.86. The number of carbonyl (C=O) groups excluding carboxylic acids is 2. The van der Waals surface area contributed by atoms with Crippen LogP contribution in [0.5, 0.6) is 17.2 Å². The number of benzene rings is 2. The molecule has 2 aromatic carbocycles. The Morgan fingerprint density at radius 3 is 2.69 bits per heavy atom. The fraction of sp³-hybridized carbons (Fsp3) is 0.231. The van der Waals surface area contributed by atoms with E-state index in [1.807, 2.05) is 24.3 Å². The number of nitrogens with zero attached hydrogens (tertiary/aromatic N) is 2. The molecular weight excluding hydrogens is 472 g/mol. The lowest BCUT2D eigenvalue weighted by Crippen LogP contribution is -2.52. The highest BCUT2D eigenvalue weighted by Crippen LogP contribution is 2.54. The Hall–Kier alpha value is -3.91. The number of aliphatic hydroxyl groups excluding tert-OH is 1. The summed E-state index contributed by atoms with van der Waals surface area (Å²) in [6, 6.07) is 10.7. The molecule has 2 unspecified atom stereocenters. The number of aliphatic imine (C=N–C) groups is 1. The summed E-state index contributed by atoms with van der Waals surface area (Å²) < 4.78 is 16.8. The SMILES string of the molecule is COc1cc(OC)c2c(c1Cl)OC1(C2=O)C(O)=C(C=Nc2cccc3cccnc23)C(=O)CC1C. The molecular formula is C26H21ClN2O6. The molecule has 0 fully saturated rings. The molecule has 1 aromatic heterocycles. The maximum Gasteiger partial charge on any atom is 0.231 e. The number of halogens is 1. The Balaban J connectivity index is 1.65. The highest BCUT2D eigenvalue weighted by Gasteiger charge is 2.60. The average Bonchev–Trinajstić information content (AvgIpc) is 3.18. The van der Waals surface area contributed by atoms with E-state index in [2.05, 4.69) is 9.98 Å². The van der Waals surface area contributed by atoms with Crippen LogP contribution >= 0.6 is 11.6 Å². The van der Waals surface area contributed by atoms with Crippen LogP contribution in [0.15, 0.2) is 58.9 Å². The van der Waals surface area contributed by atoms with Gasteiger partial charge in [-0.3, -0.25) is 19.6 Å². The summed E-state index contributed by atoms with van der Waals surface area (Å²) in [5, 5.41) is 12.3. The van der Waals surface area contributed by atoms with Crippen molar-refractivity contribution >= 4 is 46.0 Å². The van der Waals surface area contributed by atoms with Crippen LogP contribution in [0.25, 0.3) is 10.9 Å². The molecule has 3 aromatic rings. The third-order valence-electron chi connectivity index (χ3n) is 6.46. The van der Waals surface area contributed by atoms with Crippen LogP contribution in [-0.2, 0) is 4.79 Å². The summed E-state index contributed by atoms with van der Waals surface area (Å²) in [5.41, 5.74) is -0.722. The third kappa shape index (κ3) is 3.28. The summed E-state index contributed by atoms with van der Waals surface area (Å²) in [6.45, 7) is 1.66. The fourth-order valence-corrected chi connectivity index (χ4v) is 4.90. The molecule has 9 heteroatoms. The molecule has 1 aliphatic carbocycles. The van der Waals surface area contributed by atoms with Gasteiger partial charge in [-0.1, -0.05) is 36.7 Å². The first kappa shape index (κ1) is 22.9. The first-order valence-electron chi connectivity index (χ1n) is 10.9. The molecule has 178 valence electrons. The van der Waals surface area contributed by atoms with Crippen molar-refractivity contribution in [3.63, 3.8) is 0 Å². The molecule has 5 rings (SSSR count). The van der Waals surface area contributed by atoms with E-state index in [1.165, 1.54) is 26.5 Å². The van der Waals surface area contributed by atoms with E-state index in [-0.39, 0.29) is 45.6 Å². The lowest BCUT2D eigenvalue weighted by Gasteiger charge is -2.36. The van der Waals surface area contributed by atoms with Crippen LogP contribution in [0.4, 0.5) is 5.69 Å². The Bertz CT molecular complexity index is 1460. The summed E-state index contributed by atoms with van der Waals surface area (Å²) in [7, 11) is 2.83. The fourth-order valence-electron chi connectivity index (χ4n) is 4.64. The van der Waals surface area contributed by atoms with Crippen LogP contribution in [0.2, 0.25) is 5.02 Å². The van der Waals surface area contributed by atoms with Gasteiger partial charge in [0.15, 0.2) is 17.3 Å². The van der Waals surface area contributed by atoms with Crippen molar-refractivity contribution in [2.24, 2.45) is 10.9 Å². The van der Waals surface area contributed by atoms with E-state index in [0.717, 1.165) is 5.39 Å². The van der Waals surface area contributed by atoms with Gasteiger partial charge in [0.2, 0.25) is 11.4 Å². The minimum atomic E-state index is -1.85. The molecule has 1 spiro atoms. The van der Waals surface area contributed by atoms with Gasteiger partial charge in [0.25, 0.3) is 0 Å². The van der Waals surface area contributed by atoms with E-state index in [9.17, 15) is 14.7 Å². The van der Waals surface area contributed by atoms with Crippen LogP contribution in [0, 0.1) is 5.92 Å². The van der Waals surface area contributed by atoms with Crippen molar-refractivity contribution in [2.45, 2.75) is 18.9 Å². The number of allylic oxidation sites excluding steroid dienone is 1. The molecule has 0 saturated carbocycles. The molecule has 1 aliphatic heterocycles. The summed E-state index contributed by atoms with van der Waals surface area (Å²) in [4.78, 5) is 35.5. The number of Topliss-reactive ketones (excluding diaryl/α,β-unsaturated/α-hetero) is 2. The molecule has 2 heterocycles. The number of hydrogen-bond acceptors (Lipinski definition) is 8. The van der Waals surface area contributed by atoms with E-state index in [4.69, 9.17) is 25.8 Å². The molecule has 35 heavy (non-hydrogen) atoms. The number of methoxy groups -OCH3 is 2. The Morgan fingerprint density at radius 2 is 1.94 bits per heavy atom. The normalized spacial score (nSPS) is 21.7. The van der Waals surface area contributed by atoms with Crippen molar-refractivity contribution in [1.82, 2.24) is 4.98 Å². The predicted octanol–water partition coefficient (Wildman–Crippen LogP) is 5.04. The van der Waals surface area contributed by atoms with Gasteiger partial charge in [0.1, 0.15) is 22.1 Å². The minimum Gasteiger partial charge on any atom is -0.507 e. The topological polar surface area (TPSA) is 107 Å². The Kier molecular flexibility index (Phi) is 5.48. The van der Waals surface area contributed by atoms with Gasteiger partial charge in [0.05, 0.1) is 31.0 Å². The second kappa shape index (κ2) is 8.39. The number of ether oxygens (including phenoxy) is 3. The lowest BCUT2D eigenvalue weighted by atomic mass is 9.73. The first-order chi connectivity index (χ1) is 16.8. The van der Waals surface area contributed by atoms with Gasteiger partial charge in [-0.2, -0.15) is 0 Å². The van der Waals surface area contributed by atoms with Gasteiger partial charge in [-0.25, -0.2) is 0 Å². The molecule has 2 aliphatic rings. The smallest absolute Gasteiger partial charge is 0.231 e. The Labute approximate surface area is 205 Å². The van der Waals surface area contributed by atoms with Gasteiger partial charge in [0, 0.05) is 36.2 Å². The minimum absolute atomic E-state index is 0.0372. The van der Waals surface area contributed by atoms with Gasteiger partial charge >= 0.3 is 0 Å². The molecule has 0 radical (unpaired) electrons. The monoisotopic (exact) mass is 492 g/mol. The largest absolute Gasteiger partial charge is 0.507 e. The highest BCUT2D eigenvalue weighted by molar-refractivity contribution is 6.35. The number of para-hydroxylation sites is 1. The van der Waals surface area contributed by atoms with Crippen LogP contribution < -0.4 is 14.2 Å². The summed E-state index contributed by atoms with van der Waals surface area (Å²) >= 11 is 6.45. The standard InChI is InChI=1S/C26H21ClN2O6/c1-13-10-17(30)15(12-29-16-8-4-6-14-7-5-9-28-22(14)16)24(31)26(13)25(32)20-18(33-2)11-19(34-3)21(27)23(20)35-26/h4-9,11-13,31H,10H2,1-3H3. The van der Waals surface area contributed by atoms with E-state index < -0.39 is 23.1 Å². The number of aliphatic hydroxyl groups is 1. The van der Waals surface area contributed by atoms with Crippen molar-refractivity contribution < 1.29 is 28.9 Å². The van der Waals surface area contributed by atoms with Crippen LogP contribution in [-0.4, -0.2) is 47.7 Å². The number of hydrogen-bond donors (Lipinski definition) is 1. The zero-order valence-electron chi connectivity index (χ0n) is 19.2. The number of aromatic nitrogens is 1. The average molecular weight is 493 g/mol. The molecule has 0 saturated heterocycles. The van der Waals surface area contributed by atoms with Crippen LogP contribution in [0.3, 0.4) is 0 Å². The number of fused-ring (bicyclic) bond motifs is 2. The predicted molar refractivity (Wildman–Crippen MR) is 131 cm³/mol. The maximum absolute atomic E-state index is 13.8. The highest BCUT2D eigenvalue weighted by atomic mass is 35.5. The number of pyridine rings is 1. The molecule has 8 nitrogen and oxygen atoms in total. The van der Waals surface area contributed by atoms with Crippen molar-refractivity contribution in [3.05, 3.63) is 64.5 Å². The Morgan fingerprint density at radius 1 is 1.20 bits per heavy atom. The second-order valence-electron chi connectivity index (χ2n) is 8.37. The molecule has 0 amide bonds. The van der Waals surface area contributed by atoms with Gasteiger partial charge in [-0.15, -0.1) is 0 Å². The lowest BCUT2D eigenvalue weighted by molar-refractivity contribution is -0.118. The maximum atomic E-state index is 13.8. The second-order valence-corrected chi connectivity index (χ2v) is 8.75. The summed E-state index contributed by atoms with van der Waals surface area (Å²) in [5.74, 6) is -1.63. The molecule has 0 bridgehead atoms. The quantitative estimate of drug-likeness (QED) is 0.508. The van der Waals surface area contributed by atoms with Crippen molar-refractivity contribution in [2.75, 3.05) is 14.2 Å². The third-order valence-corrected chi connectivity index (χ3v) is 6.81. The first-order valence-corrected chi connectivity index (χ1v) is 11.2. The number of rotatable bonds is 4. The van der Waals surface area contributed by atoms with Gasteiger partial charge < -0.3 is 19.3 Å². The van der Waals surface area contributed by atoms with E-state index in [0.29, 0.717) is 11.2 Å². The zero-order valence-corrected chi connectivity index (χ0v) is 19.9. The zero-order chi connectivity index (χ0) is 24.9. The van der Waals surface area contributed by atoms with Crippen molar-refractivity contribution in [3.8, 4) is 17.2 Å². The van der Waals surface area contributed by atoms with Crippen molar-refractivity contribution in [1.29, 1.82) is 0 Å². The number of carbonyl (C=O) groups is 2. The van der Waals surface area contributed by atoms with Crippen LogP contribution in [0.1, 0.15) is 23.7 Å². The van der Waals surface area contributed by atoms with E-state index in [1.54, 1.807) is 19.2 Å². The van der Waals surface area contributed by atoms with Gasteiger partial charge in [-0.05, 0) is 12.1 Å². The molecule has 2 atom stereocenters. The van der Waals surface area contributed by atoms with E-state index >= 15 is 0 Å².